The quantitative estimate of drug-likeness (QED) is 0.637. The number of thiophene rings is 1. The maximum absolute atomic E-state index is 11.3. The molecule has 0 saturated carbocycles. The minimum Gasteiger partial charge on any atom is -0.359 e. The third-order valence-corrected chi connectivity index (χ3v) is 4.49. The van der Waals surface area contributed by atoms with Crippen LogP contribution in [0.15, 0.2) is 35.0 Å². The fourth-order valence-corrected chi connectivity index (χ4v) is 3.56. The minimum absolute atomic E-state index is 0.0104. The number of hydrogen-bond donors (Lipinski definition) is 0. The predicted molar refractivity (Wildman–Crippen MR) is 81.5 cm³/mol. The third kappa shape index (κ3) is 2.48. The summed E-state index contributed by atoms with van der Waals surface area (Å²) in [7, 11) is 0. The van der Waals surface area contributed by atoms with E-state index in [1.54, 1.807) is 23.5 Å². The molecule has 0 radical (unpaired) electrons. The highest BCUT2D eigenvalue weighted by Gasteiger charge is 2.31. The standard InChI is InChI=1S/C15H13N3O2S/c16-9-11-3-4-14(15(8-11)18(19)20)17-6-1-2-13(17)12-5-7-21-10-12/h3-5,7-8,10,13H,1-2,6H2. The van der Waals surface area contributed by atoms with Crippen molar-refractivity contribution in [2.75, 3.05) is 11.4 Å². The fourth-order valence-electron chi connectivity index (χ4n) is 2.85. The van der Waals surface area contributed by atoms with Crippen LogP contribution in [0.4, 0.5) is 11.4 Å². The number of nitro groups is 1. The molecular formula is C15H13N3O2S. The van der Waals surface area contributed by atoms with Gasteiger partial charge in [-0.25, -0.2) is 0 Å². The molecule has 1 saturated heterocycles. The zero-order valence-corrected chi connectivity index (χ0v) is 12.0. The Morgan fingerprint density at radius 3 is 2.95 bits per heavy atom. The number of benzene rings is 1. The van der Waals surface area contributed by atoms with Gasteiger partial charge in [0.1, 0.15) is 5.69 Å². The van der Waals surface area contributed by atoms with Crippen molar-refractivity contribution in [3.63, 3.8) is 0 Å². The normalized spacial score (nSPS) is 17.7. The molecule has 0 aliphatic carbocycles. The van der Waals surface area contributed by atoms with Crippen LogP contribution < -0.4 is 4.90 Å². The zero-order valence-electron chi connectivity index (χ0n) is 11.2. The van der Waals surface area contributed by atoms with Crippen LogP contribution in [0.2, 0.25) is 0 Å². The first-order valence-electron chi connectivity index (χ1n) is 6.68. The van der Waals surface area contributed by atoms with Gasteiger partial charge in [-0.05, 0) is 47.4 Å². The van der Waals surface area contributed by atoms with Gasteiger partial charge in [-0.3, -0.25) is 10.1 Å². The summed E-state index contributed by atoms with van der Waals surface area (Å²) >= 11 is 1.64. The van der Waals surface area contributed by atoms with Gasteiger partial charge in [0.2, 0.25) is 0 Å². The molecule has 1 aromatic heterocycles. The minimum atomic E-state index is -0.404. The molecule has 1 unspecified atom stereocenters. The molecule has 0 N–H and O–H groups in total. The second kappa shape index (κ2) is 5.54. The Bertz CT molecular complexity index is 706. The summed E-state index contributed by atoms with van der Waals surface area (Å²) in [6, 6.07) is 8.91. The molecule has 21 heavy (non-hydrogen) atoms. The van der Waals surface area contributed by atoms with E-state index >= 15 is 0 Å². The van der Waals surface area contributed by atoms with Gasteiger partial charge in [-0.2, -0.15) is 16.6 Å². The van der Waals surface area contributed by atoms with Crippen LogP contribution in [-0.2, 0) is 0 Å². The molecule has 2 aromatic rings. The molecule has 0 spiro atoms. The van der Waals surface area contributed by atoms with Crippen LogP contribution in [0.5, 0.6) is 0 Å². The van der Waals surface area contributed by atoms with E-state index < -0.39 is 4.92 Å². The summed E-state index contributed by atoms with van der Waals surface area (Å²) < 4.78 is 0. The van der Waals surface area contributed by atoms with Crippen molar-refractivity contribution in [2.24, 2.45) is 0 Å². The van der Waals surface area contributed by atoms with Gasteiger partial charge in [0.15, 0.2) is 0 Å². The molecule has 2 heterocycles. The highest BCUT2D eigenvalue weighted by molar-refractivity contribution is 7.08. The number of nitrogens with zero attached hydrogens (tertiary/aromatic N) is 3. The second-order valence-electron chi connectivity index (χ2n) is 4.98. The summed E-state index contributed by atoms with van der Waals surface area (Å²) in [5.41, 5.74) is 2.14. The van der Waals surface area contributed by atoms with Gasteiger partial charge in [0.05, 0.1) is 22.6 Å². The van der Waals surface area contributed by atoms with E-state index in [1.807, 2.05) is 11.4 Å². The van der Waals surface area contributed by atoms with Crippen LogP contribution in [-0.4, -0.2) is 11.5 Å². The topological polar surface area (TPSA) is 70.2 Å². The highest BCUT2D eigenvalue weighted by Crippen LogP contribution is 2.41. The molecule has 1 aliphatic heterocycles. The molecule has 6 heteroatoms. The lowest BCUT2D eigenvalue weighted by molar-refractivity contribution is -0.384. The van der Waals surface area contributed by atoms with E-state index in [0.717, 1.165) is 19.4 Å². The Kier molecular flexibility index (Phi) is 3.59. The Labute approximate surface area is 126 Å². The molecule has 0 bridgehead atoms. The smallest absolute Gasteiger partial charge is 0.293 e. The molecule has 1 aromatic carbocycles. The van der Waals surface area contributed by atoms with Crippen LogP contribution >= 0.6 is 11.3 Å². The number of rotatable bonds is 3. The molecule has 106 valence electrons. The Hall–Kier alpha value is -2.39. The lowest BCUT2D eigenvalue weighted by atomic mass is 10.1. The Balaban J connectivity index is 2.03. The van der Waals surface area contributed by atoms with Crippen molar-refractivity contribution < 1.29 is 4.92 Å². The fraction of sp³-hybridized carbons (Fsp3) is 0.267. The summed E-state index contributed by atoms with van der Waals surface area (Å²) in [6.07, 6.45) is 2.01. The van der Waals surface area contributed by atoms with E-state index in [1.165, 1.54) is 11.6 Å². The maximum atomic E-state index is 11.3. The second-order valence-corrected chi connectivity index (χ2v) is 5.76. The SMILES string of the molecule is N#Cc1ccc(N2CCCC2c2ccsc2)c([N+](=O)[O-])c1. The molecule has 5 nitrogen and oxygen atoms in total. The van der Waals surface area contributed by atoms with E-state index in [4.69, 9.17) is 5.26 Å². The summed E-state index contributed by atoms with van der Waals surface area (Å²) in [5, 5.41) is 24.4. The number of anilines is 1. The van der Waals surface area contributed by atoms with Crippen molar-refractivity contribution in [1.29, 1.82) is 5.26 Å². The van der Waals surface area contributed by atoms with Crippen LogP contribution in [0.1, 0.15) is 30.0 Å². The first kappa shape index (κ1) is 13.6. The van der Waals surface area contributed by atoms with Crippen molar-refractivity contribution in [1.82, 2.24) is 0 Å². The third-order valence-electron chi connectivity index (χ3n) is 3.79. The lowest BCUT2D eigenvalue weighted by Crippen LogP contribution is -2.23. The van der Waals surface area contributed by atoms with Crippen LogP contribution in [0.25, 0.3) is 0 Å². The predicted octanol–water partition coefficient (Wildman–Crippen LogP) is 3.87. The first-order chi connectivity index (χ1) is 10.2. The summed E-state index contributed by atoms with van der Waals surface area (Å²) in [6.45, 7) is 0.799. The number of nitro benzene ring substituents is 1. The van der Waals surface area contributed by atoms with Crippen molar-refractivity contribution in [3.8, 4) is 6.07 Å². The van der Waals surface area contributed by atoms with Crippen molar-refractivity contribution in [3.05, 3.63) is 56.3 Å². The Morgan fingerprint density at radius 1 is 1.43 bits per heavy atom. The van der Waals surface area contributed by atoms with Gasteiger partial charge in [0, 0.05) is 12.6 Å². The molecule has 0 amide bonds. The van der Waals surface area contributed by atoms with E-state index in [9.17, 15) is 10.1 Å². The van der Waals surface area contributed by atoms with Crippen molar-refractivity contribution in [2.45, 2.75) is 18.9 Å². The molecule has 1 fully saturated rings. The highest BCUT2D eigenvalue weighted by atomic mass is 32.1. The zero-order chi connectivity index (χ0) is 14.8. The van der Waals surface area contributed by atoms with E-state index in [-0.39, 0.29) is 11.7 Å². The van der Waals surface area contributed by atoms with Crippen LogP contribution in [0.3, 0.4) is 0 Å². The number of hydrogen-bond acceptors (Lipinski definition) is 5. The van der Waals surface area contributed by atoms with Crippen LogP contribution in [0, 0.1) is 21.4 Å². The Morgan fingerprint density at radius 2 is 2.29 bits per heavy atom. The summed E-state index contributed by atoms with van der Waals surface area (Å²) in [4.78, 5) is 13.0. The molecular weight excluding hydrogens is 286 g/mol. The van der Waals surface area contributed by atoms with E-state index in [0.29, 0.717) is 11.3 Å². The first-order valence-corrected chi connectivity index (χ1v) is 7.62. The molecule has 1 atom stereocenters. The average Bonchev–Trinajstić information content (AvgIpc) is 3.17. The van der Waals surface area contributed by atoms with Gasteiger partial charge < -0.3 is 4.90 Å². The molecule has 1 aliphatic rings. The lowest BCUT2D eigenvalue weighted by Gasteiger charge is -2.26. The largest absolute Gasteiger partial charge is 0.359 e. The monoisotopic (exact) mass is 299 g/mol. The van der Waals surface area contributed by atoms with Crippen molar-refractivity contribution >= 4 is 22.7 Å². The summed E-state index contributed by atoms with van der Waals surface area (Å²) in [5.74, 6) is 0. The number of nitriles is 1. The maximum Gasteiger partial charge on any atom is 0.293 e. The average molecular weight is 299 g/mol. The van der Waals surface area contributed by atoms with E-state index in [2.05, 4.69) is 16.3 Å². The van der Waals surface area contributed by atoms with Gasteiger partial charge in [0.25, 0.3) is 5.69 Å². The van der Waals surface area contributed by atoms with Gasteiger partial charge in [-0.1, -0.05) is 0 Å². The van der Waals surface area contributed by atoms with Gasteiger partial charge in [-0.15, -0.1) is 0 Å². The van der Waals surface area contributed by atoms with Gasteiger partial charge >= 0.3 is 0 Å². The molecule has 3 rings (SSSR count).